The van der Waals surface area contributed by atoms with Crippen LogP contribution in [-0.4, -0.2) is 26.2 Å². The Balaban J connectivity index is 1.90. The standard InChI is InChI=1S/C15H12F3N5/c16-15(17,18)5-1-6-23-7-4-10-2-3-11(8-13(10)23)14-12(9-19)20-22-21-14/h2-4,7-8H,1,5-6H2,(H,20,21,22). The number of hydrogen-bond acceptors (Lipinski definition) is 3. The molecule has 0 aliphatic carbocycles. The van der Waals surface area contributed by atoms with E-state index in [1.807, 2.05) is 24.3 Å². The lowest BCUT2D eigenvalue weighted by Gasteiger charge is -2.08. The topological polar surface area (TPSA) is 70.3 Å². The molecule has 0 radical (unpaired) electrons. The minimum Gasteiger partial charge on any atom is -0.347 e. The number of aryl methyl sites for hydroxylation is 1. The lowest BCUT2D eigenvalue weighted by molar-refractivity contribution is -0.135. The van der Waals surface area contributed by atoms with E-state index >= 15 is 0 Å². The van der Waals surface area contributed by atoms with Crippen molar-refractivity contribution in [1.29, 1.82) is 5.26 Å². The van der Waals surface area contributed by atoms with Crippen LogP contribution in [-0.2, 0) is 6.54 Å². The first-order valence-electron chi connectivity index (χ1n) is 6.95. The molecule has 0 saturated carbocycles. The summed E-state index contributed by atoms with van der Waals surface area (Å²) in [7, 11) is 0. The Hall–Kier alpha value is -2.82. The van der Waals surface area contributed by atoms with E-state index in [4.69, 9.17) is 5.26 Å². The fourth-order valence-corrected chi connectivity index (χ4v) is 2.48. The first kappa shape index (κ1) is 15.1. The second-order valence-electron chi connectivity index (χ2n) is 5.15. The van der Waals surface area contributed by atoms with E-state index in [1.165, 1.54) is 0 Å². The highest BCUT2D eigenvalue weighted by atomic mass is 19.4. The first-order chi connectivity index (χ1) is 11.0. The summed E-state index contributed by atoms with van der Waals surface area (Å²) in [5.41, 5.74) is 2.17. The van der Waals surface area contributed by atoms with Crippen molar-refractivity contribution < 1.29 is 13.2 Å². The smallest absolute Gasteiger partial charge is 0.347 e. The number of nitrogens with one attached hydrogen (secondary N) is 1. The molecule has 0 saturated heterocycles. The third-order valence-electron chi connectivity index (χ3n) is 3.57. The third-order valence-corrected chi connectivity index (χ3v) is 3.57. The molecule has 1 aromatic carbocycles. The van der Waals surface area contributed by atoms with Gasteiger partial charge in [-0.05, 0) is 23.9 Å². The number of hydrogen-bond donors (Lipinski definition) is 1. The summed E-state index contributed by atoms with van der Waals surface area (Å²) in [6.07, 6.45) is -3.17. The van der Waals surface area contributed by atoms with Gasteiger partial charge in [-0.25, -0.2) is 5.10 Å². The van der Waals surface area contributed by atoms with Crippen LogP contribution in [0.1, 0.15) is 18.5 Å². The molecule has 2 aromatic heterocycles. The minimum atomic E-state index is -4.14. The molecule has 0 atom stereocenters. The molecule has 0 unspecified atom stereocenters. The number of nitrogens with zero attached hydrogens (tertiary/aromatic N) is 4. The van der Waals surface area contributed by atoms with E-state index in [2.05, 4.69) is 15.4 Å². The van der Waals surface area contributed by atoms with Crippen LogP contribution < -0.4 is 0 Å². The van der Waals surface area contributed by atoms with Crippen LogP contribution >= 0.6 is 0 Å². The van der Waals surface area contributed by atoms with Crippen LogP contribution in [0.15, 0.2) is 30.5 Å². The second-order valence-corrected chi connectivity index (χ2v) is 5.15. The molecule has 23 heavy (non-hydrogen) atoms. The predicted molar refractivity (Wildman–Crippen MR) is 77.3 cm³/mol. The highest BCUT2D eigenvalue weighted by Gasteiger charge is 2.26. The number of nitriles is 1. The maximum Gasteiger partial charge on any atom is 0.389 e. The van der Waals surface area contributed by atoms with Crippen LogP contribution in [0.25, 0.3) is 22.2 Å². The average molecular weight is 319 g/mol. The molecule has 3 rings (SSSR count). The van der Waals surface area contributed by atoms with Crippen molar-refractivity contribution in [3.05, 3.63) is 36.2 Å². The zero-order chi connectivity index (χ0) is 16.4. The normalized spacial score (nSPS) is 11.7. The van der Waals surface area contributed by atoms with Gasteiger partial charge in [-0.15, -0.1) is 5.10 Å². The van der Waals surface area contributed by atoms with Gasteiger partial charge in [0.15, 0.2) is 5.69 Å². The molecule has 0 fully saturated rings. The number of fused-ring (bicyclic) bond motifs is 1. The van der Waals surface area contributed by atoms with Crippen LogP contribution in [0, 0.1) is 11.3 Å². The predicted octanol–water partition coefficient (Wildman–Crippen LogP) is 3.64. The van der Waals surface area contributed by atoms with Gasteiger partial charge < -0.3 is 4.57 Å². The largest absolute Gasteiger partial charge is 0.389 e. The molecule has 3 aromatic rings. The van der Waals surface area contributed by atoms with Crippen LogP contribution in [0.5, 0.6) is 0 Å². The maximum atomic E-state index is 12.3. The van der Waals surface area contributed by atoms with Crippen molar-refractivity contribution in [3.8, 4) is 17.3 Å². The van der Waals surface area contributed by atoms with Gasteiger partial charge in [0.2, 0.25) is 0 Å². The van der Waals surface area contributed by atoms with Gasteiger partial charge >= 0.3 is 6.18 Å². The molecule has 0 bridgehead atoms. The minimum absolute atomic E-state index is 0.0188. The van der Waals surface area contributed by atoms with Gasteiger partial charge in [0, 0.05) is 30.2 Å². The van der Waals surface area contributed by atoms with Crippen LogP contribution in [0.4, 0.5) is 13.2 Å². The summed E-state index contributed by atoms with van der Waals surface area (Å²) in [6.45, 7) is 0.274. The Labute approximate surface area is 129 Å². The van der Waals surface area contributed by atoms with Gasteiger partial charge in [-0.1, -0.05) is 17.3 Å². The highest BCUT2D eigenvalue weighted by molar-refractivity contribution is 5.85. The summed E-state index contributed by atoms with van der Waals surface area (Å²) < 4.78 is 38.6. The molecule has 5 nitrogen and oxygen atoms in total. The van der Waals surface area contributed by atoms with E-state index in [0.717, 1.165) is 10.9 Å². The Morgan fingerprint density at radius 2 is 2.09 bits per heavy atom. The Bertz CT molecular complexity index is 869. The number of benzene rings is 1. The average Bonchev–Trinajstić information content (AvgIpc) is 3.12. The molecular weight excluding hydrogens is 307 g/mol. The van der Waals surface area contributed by atoms with Gasteiger partial charge in [-0.3, -0.25) is 0 Å². The molecule has 0 spiro atoms. The van der Waals surface area contributed by atoms with Crippen molar-refractivity contribution >= 4 is 10.9 Å². The van der Waals surface area contributed by atoms with Crippen molar-refractivity contribution in [3.63, 3.8) is 0 Å². The van der Waals surface area contributed by atoms with Crippen molar-refractivity contribution in [2.45, 2.75) is 25.6 Å². The SMILES string of the molecule is N#Cc1[nH]nnc1-c1ccc2ccn(CCCC(F)(F)F)c2c1. The van der Waals surface area contributed by atoms with E-state index in [1.54, 1.807) is 16.8 Å². The molecule has 0 aliphatic heterocycles. The van der Waals surface area contributed by atoms with Crippen LogP contribution in [0.2, 0.25) is 0 Å². The van der Waals surface area contributed by atoms with Crippen molar-refractivity contribution in [2.24, 2.45) is 0 Å². The summed E-state index contributed by atoms with van der Waals surface area (Å²) >= 11 is 0. The molecule has 118 valence electrons. The summed E-state index contributed by atoms with van der Waals surface area (Å²) in [5, 5.41) is 19.9. The van der Waals surface area contributed by atoms with Crippen LogP contribution in [0.3, 0.4) is 0 Å². The van der Waals surface area contributed by atoms with Gasteiger partial charge in [0.1, 0.15) is 11.8 Å². The van der Waals surface area contributed by atoms with Gasteiger partial charge in [-0.2, -0.15) is 18.4 Å². The first-order valence-corrected chi connectivity index (χ1v) is 6.95. The highest BCUT2D eigenvalue weighted by Crippen LogP contribution is 2.26. The van der Waals surface area contributed by atoms with E-state index in [-0.39, 0.29) is 18.7 Å². The zero-order valence-electron chi connectivity index (χ0n) is 11.9. The van der Waals surface area contributed by atoms with Gasteiger partial charge in [0.05, 0.1) is 0 Å². The quantitative estimate of drug-likeness (QED) is 0.798. The molecule has 1 N–H and O–H groups in total. The molecule has 0 amide bonds. The molecular formula is C15H12F3N5. The van der Waals surface area contributed by atoms with E-state index < -0.39 is 12.6 Å². The molecule has 8 heteroatoms. The number of alkyl halides is 3. The zero-order valence-corrected chi connectivity index (χ0v) is 11.9. The van der Waals surface area contributed by atoms with E-state index in [9.17, 15) is 13.2 Å². The van der Waals surface area contributed by atoms with Gasteiger partial charge in [0.25, 0.3) is 0 Å². The fourth-order valence-electron chi connectivity index (χ4n) is 2.48. The molecule has 2 heterocycles. The number of aromatic nitrogens is 4. The third kappa shape index (κ3) is 3.18. The Morgan fingerprint density at radius 1 is 1.26 bits per heavy atom. The fraction of sp³-hybridized carbons (Fsp3) is 0.267. The monoisotopic (exact) mass is 319 g/mol. The Morgan fingerprint density at radius 3 is 2.83 bits per heavy atom. The second kappa shape index (κ2) is 5.76. The van der Waals surface area contributed by atoms with Crippen molar-refractivity contribution in [1.82, 2.24) is 20.0 Å². The lowest BCUT2D eigenvalue weighted by atomic mass is 10.1. The lowest BCUT2D eigenvalue weighted by Crippen LogP contribution is -2.08. The summed E-state index contributed by atoms with van der Waals surface area (Å²) in [6, 6.07) is 9.28. The number of rotatable bonds is 4. The number of halogens is 3. The summed E-state index contributed by atoms with van der Waals surface area (Å²) in [5.74, 6) is 0. The Kier molecular flexibility index (Phi) is 3.78. The van der Waals surface area contributed by atoms with Crippen molar-refractivity contribution in [2.75, 3.05) is 0 Å². The number of H-pyrrole nitrogens is 1. The summed E-state index contributed by atoms with van der Waals surface area (Å²) in [4.78, 5) is 0. The van der Waals surface area contributed by atoms with E-state index in [0.29, 0.717) is 11.3 Å². The maximum absolute atomic E-state index is 12.3. The molecule has 0 aliphatic rings. The number of aromatic amines is 1.